The van der Waals surface area contributed by atoms with E-state index in [2.05, 4.69) is 11.9 Å². The summed E-state index contributed by atoms with van der Waals surface area (Å²) in [6.45, 7) is 4.03. The molecule has 2 aliphatic rings. The van der Waals surface area contributed by atoms with Crippen molar-refractivity contribution in [1.82, 2.24) is 4.90 Å². The number of hydrogen-bond donors (Lipinski definition) is 1. The maximum Gasteiger partial charge on any atom is 0.0469 e. The lowest BCUT2D eigenvalue weighted by atomic mass is 9.83. The van der Waals surface area contributed by atoms with Gasteiger partial charge >= 0.3 is 0 Å². The van der Waals surface area contributed by atoms with Gasteiger partial charge in [0.1, 0.15) is 0 Å². The molecule has 2 unspecified atom stereocenters. The van der Waals surface area contributed by atoms with Gasteiger partial charge in [0.2, 0.25) is 0 Å². The van der Waals surface area contributed by atoms with Gasteiger partial charge in [0.05, 0.1) is 0 Å². The topological polar surface area (TPSA) is 38.5 Å². The quantitative estimate of drug-likeness (QED) is 0.815. The van der Waals surface area contributed by atoms with Crippen molar-refractivity contribution in [3.05, 3.63) is 0 Å². The lowest BCUT2D eigenvalue weighted by Crippen LogP contribution is -2.45. The smallest absolute Gasteiger partial charge is 0.0469 e. The van der Waals surface area contributed by atoms with Crippen LogP contribution in [-0.2, 0) is 4.74 Å². The van der Waals surface area contributed by atoms with E-state index < -0.39 is 0 Å². The Balaban J connectivity index is 1.82. The fourth-order valence-electron chi connectivity index (χ4n) is 3.51. The molecule has 2 rings (SSSR count). The van der Waals surface area contributed by atoms with E-state index in [1.54, 1.807) is 0 Å². The van der Waals surface area contributed by atoms with Gasteiger partial charge < -0.3 is 15.4 Å². The molecule has 0 amide bonds. The molecule has 1 aliphatic heterocycles. The summed E-state index contributed by atoms with van der Waals surface area (Å²) in [5.74, 6) is 1.57. The summed E-state index contributed by atoms with van der Waals surface area (Å²) in [6.07, 6.45) is 7.93. The second kappa shape index (κ2) is 6.72. The van der Waals surface area contributed by atoms with E-state index in [1.807, 2.05) is 0 Å². The molecule has 2 N–H and O–H groups in total. The predicted octanol–water partition coefficient (Wildman–Crippen LogP) is 1.86. The molecule has 0 spiro atoms. The van der Waals surface area contributed by atoms with Crippen molar-refractivity contribution in [3.63, 3.8) is 0 Å². The maximum atomic E-state index is 5.92. The third kappa shape index (κ3) is 3.67. The summed E-state index contributed by atoms with van der Waals surface area (Å²) in [6, 6.07) is 0.733. The summed E-state index contributed by atoms with van der Waals surface area (Å²) in [5, 5.41) is 0. The van der Waals surface area contributed by atoms with Crippen LogP contribution in [0.15, 0.2) is 0 Å². The second-order valence-corrected chi connectivity index (χ2v) is 5.84. The number of hydrogen-bond acceptors (Lipinski definition) is 3. The second-order valence-electron chi connectivity index (χ2n) is 5.84. The molecule has 0 aromatic rings. The molecule has 3 nitrogen and oxygen atoms in total. The lowest BCUT2D eigenvalue weighted by Gasteiger charge is -2.39. The summed E-state index contributed by atoms with van der Waals surface area (Å²) < 4.78 is 5.43. The summed E-state index contributed by atoms with van der Waals surface area (Å²) in [7, 11) is 2.30. The zero-order valence-corrected chi connectivity index (χ0v) is 11.2. The van der Waals surface area contributed by atoms with Crippen LogP contribution in [-0.4, -0.2) is 44.3 Å². The average molecular weight is 240 g/mol. The van der Waals surface area contributed by atoms with Gasteiger partial charge in [-0.2, -0.15) is 0 Å². The third-order valence-corrected chi connectivity index (χ3v) is 4.62. The van der Waals surface area contributed by atoms with Crippen LogP contribution in [0.5, 0.6) is 0 Å². The SMILES string of the molecule is CN(CC1CCOCC1)C1CCCCC1CN. The van der Waals surface area contributed by atoms with Crippen molar-refractivity contribution < 1.29 is 4.74 Å². The zero-order valence-electron chi connectivity index (χ0n) is 11.2. The molecule has 2 atom stereocenters. The molecule has 3 heteroatoms. The highest BCUT2D eigenvalue weighted by molar-refractivity contribution is 4.83. The molecular weight excluding hydrogens is 212 g/mol. The van der Waals surface area contributed by atoms with E-state index in [0.717, 1.165) is 37.6 Å². The molecule has 0 aromatic carbocycles. The molecule has 17 heavy (non-hydrogen) atoms. The van der Waals surface area contributed by atoms with Gasteiger partial charge in [0, 0.05) is 25.8 Å². The average Bonchev–Trinajstić information content (AvgIpc) is 2.40. The first-order valence-electron chi connectivity index (χ1n) is 7.29. The maximum absolute atomic E-state index is 5.92. The van der Waals surface area contributed by atoms with Crippen molar-refractivity contribution in [2.45, 2.75) is 44.6 Å². The van der Waals surface area contributed by atoms with Crippen molar-refractivity contribution in [2.75, 3.05) is 33.4 Å². The van der Waals surface area contributed by atoms with E-state index in [9.17, 15) is 0 Å². The van der Waals surface area contributed by atoms with Crippen molar-refractivity contribution in [2.24, 2.45) is 17.6 Å². The largest absolute Gasteiger partial charge is 0.381 e. The first kappa shape index (κ1) is 13.3. The van der Waals surface area contributed by atoms with Crippen LogP contribution in [0.2, 0.25) is 0 Å². The van der Waals surface area contributed by atoms with Crippen LogP contribution < -0.4 is 5.73 Å². The molecule has 0 aromatic heterocycles. The van der Waals surface area contributed by atoms with Crippen LogP contribution in [0, 0.1) is 11.8 Å². The van der Waals surface area contributed by atoms with Gasteiger partial charge in [-0.15, -0.1) is 0 Å². The molecule has 1 saturated heterocycles. The monoisotopic (exact) mass is 240 g/mol. The third-order valence-electron chi connectivity index (χ3n) is 4.62. The Kier molecular flexibility index (Phi) is 5.26. The normalized spacial score (nSPS) is 31.9. The van der Waals surface area contributed by atoms with E-state index in [0.29, 0.717) is 0 Å². The molecule has 2 fully saturated rings. The van der Waals surface area contributed by atoms with Gasteiger partial charge in [-0.25, -0.2) is 0 Å². The molecular formula is C14H28N2O. The summed E-state index contributed by atoms with van der Waals surface area (Å²) >= 11 is 0. The first-order chi connectivity index (χ1) is 8.31. The highest BCUT2D eigenvalue weighted by atomic mass is 16.5. The highest BCUT2D eigenvalue weighted by Crippen LogP contribution is 2.28. The van der Waals surface area contributed by atoms with Crippen molar-refractivity contribution in [3.8, 4) is 0 Å². The summed E-state index contributed by atoms with van der Waals surface area (Å²) in [5.41, 5.74) is 5.92. The number of nitrogens with two attached hydrogens (primary N) is 1. The van der Waals surface area contributed by atoms with Crippen LogP contribution in [0.1, 0.15) is 38.5 Å². The fraction of sp³-hybridized carbons (Fsp3) is 1.00. The Morgan fingerprint density at radius 1 is 1.12 bits per heavy atom. The van der Waals surface area contributed by atoms with Gasteiger partial charge in [0.15, 0.2) is 0 Å². The molecule has 0 bridgehead atoms. The minimum Gasteiger partial charge on any atom is -0.381 e. The lowest BCUT2D eigenvalue weighted by molar-refractivity contribution is 0.0402. The molecule has 1 heterocycles. The number of rotatable bonds is 4. The van der Waals surface area contributed by atoms with E-state index in [-0.39, 0.29) is 0 Å². The standard InChI is InChI=1S/C14H28N2O/c1-16(11-12-6-8-17-9-7-12)14-5-3-2-4-13(14)10-15/h12-14H,2-11,15H2,1H3. The van der Waals surface area contributed by atoms with Crippen LogP contribution in [0.25, 0.3) is 0 Å². The highest BCUT2D eigenvalue weighted by Gasteiger charge is 2.28. The first-order valence-corrected chi connectivity index (χ1v) is 7.29. The minimum absolute atomic E-state index is 0.730. The van der Waals surface area contributed by atoms with Gasteiger partial charge in [-0.05, 0) is 51.1 Å². The van der Waals surface area contributed by atoms with Crippen LogP contribution in [0.3, 0.4) is 0 Å². The Bertz CT molecular complexity index is 216. The number of ether oxygens (including phenoxy) is 1. The predicted molar refractivity (Wildman–Crippen MR) is 71.0 cm³/mol. The molecule has 100 valence electrons. The molecule has 1 saturated carbocycles. The van der Waals surface area contributed by atoms with Gasteiger partial charge in [-0.3, -0.25) is 0 Å². The van der Waals surface area contributed by atoms with E-state index in [4.69, 9.17) is 10.5 Å². The van der Waals surface area contributed by atoms with E-state index in [1.165, 1.54) is 45.1 Å². The minimum atomic E-state index is 0.730. The molecule has 0 radical (unpaired) electrons. The Labute approximate surface area is 106 Å². The molecule has 1 aliphatic carbocycles. The Hall–Kier alpha value is -0.120. The van der Waals surface area contributed by atoms with Gasteiger partial charge in [0.25, 0.3) is 0 Å². The number of nitrogens with zero attached hydrogens (tertiary/aromatic N) is 1. The van der Waals surface area contributed by atoms with Crippen molar-refractivity contribution >= 4 is 0 Å². The van der Waals surface area contributed by atoms with Crippen LogP contribution in [0.4, 0.5) is 0 Å². The Morgan fingerprint density at radius 3 is 2.53 bits per heavy atom. The van der Waals surface area contributed by atoms with Gasteiger partial charge in [-0.1, -0.05) is 12.8 Å². The fourth-order valence-corrected chi connectivity index (χ4v) is 3.51. The zero-order chi connectivity index (χ0) is 12.1. The summed E-state index contributed by atoms with van der Waals surface area (Å²) in [4.78, 5) is 2.59. The van der Waals surface area contributed by atoms with E-state index >= 15 is 0 Å². The van der Waals surface area contributed by atoms with Crippen LogP contribution >= 0.6 is 0 Å². The Morgan fingerprint density at radius 2 is 1.82 bits per heavy atom. The van der Waals surface area contributed by atoms with Crippen molar-refractivity contribution in [1.29, 1.82) is 0 Å².